The highest BCUT2D eigenvalue weighted by Crippen LogP contribution is 2.58. The van der Waals surface area contributed by atoms with Gasteiger partial charge in [-0.3, -0.25) is 4.79 Å². The summed E-state index contributed by atoms with van der Waals surface area (Å²) in [6.07, 6.45) is 48.3. The lowest BCUT2D eigenvalue weighted by Gasteiger charge is -2.52. The molecular weight excluding hydrogens is 1110 g/mol. The maximum absolute atomic E-state index is 15.1. The molecule has 0 aromatic carbocycles. The molecule has 0 heterocycles. The van der Waals surface area contributed by atoms with Crippen molar-refractivity contribution in [3.63, 3.8) is 0 Å². The van der Waals surface area contributed by atoms with Crippen molar-refractivity contribution >= 4 is 5.78 Å². The van der Waals surface area contributed by atoms with Crippen LogP contribution < -0.4 is 0 Å². The van der Waals surface area contributed by atoms with Gasteiger partial charge in [0.25, 0.3) is 0 Å². The minimum atomic E-state index is 0. The number of carbonyl (C=O) groups excluding carboxylic acids is 1. The zero-order valence-electron chi connectivity index (χ0n) is 56.5. The first-order valence-corrected chi connectivity index (χ1v) is 33.1. The predicted molar refractivity (Wildman–Crippen MR) is 391 cm³/mol. The van der Waals surface area contributed by atoms with Crippen LogP contribution in [0.25, 0.3) is 0 Å². The number of unbranched alkanes of at least 4 members (excludes halogenated alkanes) is 21. The van der Waals surface area contributed by atoms with Crippen molar-refractivity contribution in [2.75, 3.05) is 0 Å². The summed E-state index contributed by atoms with van der Waals surface area (Å²) in [5, 5.41) is 0. The van der Waals surface area contributed by atoms with Crippen LogP contribution in [-0.2, 0) is 4.79 Å². The standard InChI is InChI=1S/C45H86O.C45H4.H2O.H2/c1-7-13-19-25-29-34-40-41(35-28-22-16-10-4)44(46)43(37-31-24-18-12-6)45(38-32-26-20-14-8-2,39-33-27-21-15-9-3)42(40)36-30-23-17-11-5;1-3-5-7-9-11-13-15-17-19-21-23-25-27-29-31-33-35-37-39-41-43-45-44-42-40-38-36-34-32-30-28-26-24-22-20-18-16-14-12-10-8-6-4-2;;/h42-43H,7-39H2,1-6H3;1H,2H3;1H2;1H. The van der Waals surface area contributed by atoms with Gasteiger partial charge in [-0.05, 0) is 170 Å². The fraction of sp³-hybridized carbons (Fsp3) is 0.478. The van der Waals surface area contributed by atoms with E-state index in [1.807, 2.05) is 0 Å². The van der Waals surface area contributed by atoms with Crippen LogP contribution in [0.4, 0.5) is 0 Å². The Hall–Kier alpha value is -10.3. The number of Topliss-reactive ketones (excluding diaryl/α,β-unsaturated/α-hetero) is 1. The van der Waals surface area contributed by atoms with Crippen LogP contribution in [0.2, 0.25) is 0 Å². The SMILES string of the molecule is C#CC#CC#CC#CC#CC#CC#CC#CC#CC#CC#CC#CC#CC#CC#CC#CC#CC#CC#CC#CC#CC#CC.CCCCCCCC1=C(CCCCCC)C(=O)C(CCCCCC)C(CCCCCCC)(CCCCCCC)C1CCCCCC.O.[HH]. The normalized spacial score (nSPS) is 11.0. The van der Waals surface area contributed by atoms with Gasteiger partial charge in [0.1, 0.15) is 0 Å². The molecule has 1 aliphatic carbocycles. The van der Waals surface area contributed by atoms with Gasteiger partial charge in [-0.15, -0.1) is 6.42 Å². The Morgan fingerprint density at radius 2 is 0.522 bits per heavy atom. The molecule has 0 spiro atoms. The zero-order valence-corrected chi connectivity index (χ0v) is 56.5. The van der Waals surface area contributed by atoms with Gasteiger partial charge >= 0.3 is 0 Å². The van der Waals surface area contributed by atoms with Crippen molar-refractivity contribution in [2.24, 2.45) is 17.3 Å². The Balaban J connectivity index is -0.00000171. The van der Waals surface area contributed by atoms with Crippen molar-refractivity contribution < 1.29 is 11.7 Å². The van der Waals surface area contributed by atoms with E-state index in [9.17, 15) is 0 Å². The number of carbonyl (C=O) groups is 1. The minimum Gasteiger partial charge on any atom is -0.412 e. The fourth-order valence-electron chi connectivity index (χ4n) is 10.4. The lowest BCUT2D eigenvalue weighted by molar-refractivity contribution is -0.128. The van der Waals surface area contributed by atoms with Gasteiger partial charge in [0.05, 0.1) is 0 Å². The van der Waals surface area contributed by atoms with E-state index in [-0.39, 0.29) is 18.2 Å². The molecule has 0 amide bonds. The van der Waals surface area contributed by atoms with Crippen molar-refractivity contribution in [1.82, 2.24) is 0 Å². The number of rotatable bonds is 33. The molecule has 2 N–H and O–H groups in total. The summed E-state index contributed by atoms with van der Waals surface area (Å²) in [5.74, 6) is 108. The van der Waals surface area contributed by atoms with Crippen LogP contribution in [0.1, 0.15) is 262 Å². The van der Waals surface area contributed by atoms with E-state index < -0.39 is 0 Å². The molecule has 0 aliphatic heterocycles. The lowest BCUT2D eigenvalue weighted by atomic mass is 9.51. The Labute approximate surface area is 564 Å². The average molecular weight is 1210 g/mol. The smallest absolute Gasteiger partial charge is 0.162 e. The Morgan fingerprint density at radius 1 is 0.293 bits per heavy atom. The number of allylic oxidation sites excluding steroid dienone is 2. The maximum atomic E-state index is 15.1. The van der Waals surface area contributed by atoms with Crippen molar-refractivity contribution in [1.29, 1.82) is 0 Å². The maximum Gasteiger partial charge on any atom is 0.162 e. The minimum absolute atomic E-state index is 0. The molecule has 0 radical (unpaired) electrons. The third kappa shape index (κ3) is 48.7. The van der Waals surface area contributed by atoms with Crippen LogP contribution in [0, 0.1) is 278 Å². The second-order valence-corrected chi connectivity index (χ2v) is 21.2. The monoisotopic (exact) mass is 1210 g/mol. The van der Waals surface area contributed by atoms with Crippen molar-refractivity contribution in [2.45, 2.75) is 260 Å². The molecule has 0 bridgehead atoms. The summed E-state index contributed by atoms with van der Waals surface area (Å²) in [4.78, 5) is 15.1. The molecule has 2 nitrogen and oxygen atoms in total. The highest BCUT2D eigenvalue weighted by molar-refractivity contribution is 5.99. The number of terminal acetylenes is 1. The van der Waals surface area contributed by atoms with E-state index in [2.05, 4.69) is 296 Å². The molecule has 2 atom stereocenters. The summed E-state index contributed by atoms with van der Waals surface area (Å²) in [7, 11) is 0. The van der Waals surface area contributed by atoms with Gasteiger partial charge < -0.3 is 5.48 Å². The van der Waals surface area contributed by atoms with Crippen LogP contribution >= 0.6 is 0 Å². The van der Waals surface area contributed by atoms with Gasteiger partial charge in [0.15, 0.2) is 5.78 Å². The molecule has 1 aliphatic rings. The Bertz CT molecular complexity index is 3800. The molecule has 2 unspecified atom stereocenters. The number of hydrogen-bond acceptors (Lipinski definition) is 1. The van der Waals surface area contributed by atoms with Crippen LogP contribution in [0.15, 0.2) is 11.1 Å². The van der Waals surface area contributed by atoms with Gasteiger partial charge in [0, 0.05) is 161 Å². The number of hydrogen-bond donors (Lipinski definition) is 0. The Kier molecular flexibility index (Phi) is 62.1. The Morgan fingerprint density at radius 3 is 0.804 bits per heavy atom. The largest absolute Gasteiger partial charge is 0.412 e. The first kappa shape index (κ1) is 83.8. The second kappa shape index (κ2) is 68.2. The fourth-order valence-corrected chi connectivity index (χ4v) is 10.4. The van der Waals surface area contributed by atoms with Gasteiger partial charge in [-0.25, -0.2) is 0 Å². The molecule has 0 saturated carbocycles. The third-order valence-electron chi connectivity index (χ3n) is 14.5. The summed E-state index contributed by atoms with van der Waals surface area (Å²) < 4.78 is 0. The van der Waals surface area contributed by atoms with Gasteiger partial charge in [0.2, 0.25) is 0 Å². The molecule has 1 rings (SSSR count). The lowest BCUT2D eigenvalue weighted by Crippen LogP contribution is -2.48. The topological polar surface area (TPSA) is 48.6 Å². The quantitative estimate of drug-likeness (QED) is 0.0477. The highest BCUT2D eigenvalue weighted by atomic mass is 16.1. The second-order valence-electron chi connectivity index (χ2n) is 21.2. The molecule has 92 heavy (non-hydrogen) atoms. The molecule has 2 heteroatoms. The van der Waals surface area contributed by atoms with E-state index in [0.717, 1.165) is 12.8 Å². The van der Waals surface area contributed by atoms with Crippen LogP contribution in [0.3, 0.4) is 0 Å². The zero-order chi connectivity index (χ0) is 66.1. The molecule has 0 fully saturated rings. The molecule has 0 aromatic rings. The summed E-state index contributed by atoms with van der Waals surface area (Å²) in [6, 6.07) is 0. The molecule has 0 aromatic heterocycles. The van der Waals surface area contributed by atoms with E-state index in [1.165, 1.54) is 205 Å². The first-order chi connectivity index (χ1) is 45.0. The first-order valence-electron chi connectivity index (χ1n) is 33.1. The average Bonchev–Trinajstić information content (AvgIpc) is 0.741. The van der Waals surface area contributed by atoms with Crippen LogP contribution in [-0.4, -0.2) is 11.3 Å². The highest BCUT2D eigenvalue weighted by Gasteiger charge is 2.52. The van der Waals surface area contributed by atoms with Crippen LogP contribution in [0.5, 0.6) is 0 Å². The molecule has 466 valence electrons. The third-order valence-corrected chi connectivity index (χ3v) is 14.5. The van der Waals surface area contributed by atoms with Crippen molar-refractivity contribution in [3.8, 4) is 261 Å². The van der Waals surface area contributed by atoms with E-state index in [4.69, 9.17) is 6.42 Å². The molecular formula is C90H94O2. The summed E-state index contributed by atoms with van der Waals surface area (Å²) in [5.41, 5.74) is 3.29. The number of ketones is 1. The van der Waals surface area contributed by atoms with Gasteiger partial charge in [-0.2, -0.15) is 0 Å². The van der Waals surface area contributed by atoms with Gasteiger partial charge in [-0.1, -0.05) is 214 Å². The summed E-state index contributed by atoms with van der Waals surface area (Å²) >= 11 is 0. The van der Waals surface area contributed by atoms with Crippen molar-refractivity contribution in [3.05, 3.63) is 11.1 Å². The van der Waals surface area contributed by atoms with E-state index >= 15 is 4.79 Å². The predicted octanol–water partition coefficient (Wildman–Crippen LogP) is 16.2. The molecule has 0 saturated heterocycles. The van der Waals surface area contributed by atoms with E-state index in [0.29, 0.717) is 11.7 Å². The summed E-state index contributed by atoms with van der Waals surface area (Å²) in [6.45, 7) is 15.7. The van der Waals surface area contributed by atoms with E-state index in [1.54, 1.807) is 12.5 Å².